The lowest BCUT2D eigenvalue weighted by Crippen LogP contribution is -2.19. The molecule has 2 aromatic rings. The number of amides is 1. The number of carbonyl (C=O) groups excluding carboxylic acids is 1. The number of hydrogen-bond donors (Lipinski definition) is 1. The number of methoxy groups -OCH3 is 2. The van der Waals surface area contributed by atoms with E-state index in [2.05, 4.69) is 15.5 Å². The van der Waals surface area contributed by atoms with Crippen LogP contribution in [0.25, 0.3) is 6.08 Å². The van der Waals surface area contributed by atoms with Crippen molar-refractivity contribution in [2.75, 3.05) is 14.2 Å². The number of rotatable bonds is 6. The van der Waals surface area contributed by atoms with Crippen molar-refractivity contribution in [3.8, 4) is 11.5 Å². The van der Waals surface area contributed by atoms with Gasteiger partial charge in [-0.1, -0.05) is 0 Å². The molecular formula is C19H16N4O5S. The molecule has 0 spiro atoms. The Bertz CT molecular complexity index is 1030. The lowest BCUT2D eigenvalue weighted by molar-refractivity contribution is -0.384. The number of non-ortho nitro benzene ring substituents is 1. The Morgan fingerprint density at radius 2 is 1.90 bits per heavy atom. The molecule has 0 saturated carbocycles. The maximum Gasteiger partial charge on any atom is 0.269 e. The molecule has 148 valence electrons. The number of nitrogens with one attached hydrogen (secondary N) is 1. The van der Waals surface area contributed by atoms with Gasteiger partial charge < -0.3 is 9.47 Å². The van der Waals surface area contributed by atoms with Crippen molar-refractivity contribution in [2.45, 2.75) is 0 Å². The van der Waals surface area contributed by atoms with Crippen molar-refractivity contribution in [1.29, 1.82) is 0 Å². The highest BCUT2D eigenvalue weighted by Crippen LogP contribution is 2.27. The van der Waals surface area contributed by atoms with Crippen LogP contribution in [0.3, 0.4) is 0 Å². The van der Waals surface area contributed by atoms with Gasteiger partial charge in [0.25, 0.3) is 11.6 Å². The third kappa shape index (κ3) is 4.99. The van der Waals surface area contributed by atoms with Crippen molar-refractivity contribution in [1.82, 2.24) is 5.32 Å². The van der Waals surface area contributed by atoms with E-state index in [0.717, 1.165) is 11.8 Å². The molecule has 3 rings (SSSR count). The summed E-state index contributed by atoms with van der Waals surface area (Å²) >= 11 is 1.13. The van der Waals surface area contributed by atoms with Crippen LogP contribution in [0.15, 0.2) is 57.6 Å². The van der Waals surface area contributed by atoms with Gasteiger partial charge in [-0.15, -0.1) is 5.10 Å². The molecular weight excluding hydrogens is 396 g/mol. The van der Waals surface area contributed by atoms with Gasteiger partial charge in [-0.3, -0.25) is 20.2 Å². The zero-order chi connectivity index (χ0) is 20.8. The summed E-state index contributed by atoms with van der Waals surface area (Å²) in [6.07, 6.45) is 3.14. The highest BCUT2D eigenvalue weighted by molar-refractivity contribution is 8.18. The lowest BCUT2D eigenvalue weighted by atomic mass is 10.2. The largest absolute Gasteiger partial charge is 0.497 e. The predicted molar refractivity (Wildman–Crippen MR) is 111 cm³/mol. The molecule has 9 nitrogen and oxygen atoms in total. The minimum atomic E-state index is -0.478. The Kier molecular flexibility index (Phi) is 6.25. The fourth-order valence-electron chi connectivity index (χ4n) is 2.39. The first kappa shape index (κ1) is 20.1. The van der Waals surface area contributed by atoms with Gasteiger partial charge in [0.1, 0.15) is 11.5 Å². The number of nitro groups is 1. The molecule has 1 amide bonds. The number of carbonyl (C=O) groups is 1. The number of hydrogen-bond acceptors (Lipinski definition) is 8. The Balaban J connectivity index is 1.72. The summed E-state index contributed by atoms with van der Waals surface area (Å²) in [5.41, 5.74) is 1.36. The standard InChI is InChI=1S/C19H16N4O5S/c1-27-15-8-5-13(16(10-15)28-2)11-20-22-19-21-18(24)17(29-19)9-12-3-6-14(7-4-12)23(25)26/h3-11H,1-2H3,(H,21,22,24)/b17-9+,20-11+. The summed E-state index contributed by atoms with van der Waals surface area (Å²) in [6, 6.07) is 11.2. The SMILES string of the molecule is COc1ccc(/C=N/N=C2\NC(=O)/C(=C\c3ccc([N+](=O)[O-])cc3)S2)c(OC)c1. The molecule has 1 aliphatic heterocycles. The van der Waals surface area contributed by atoms with E-state index in [1.165, 1.54) is 18.3 Å². The molecule has 0 atom stereocenters. The summed E-state index contributed by atoms with van der Waals surface area (Å²) in [7, 11) is 3.11. The molecule has 1 N–H and O–H groups in total. The minimum absolute atomic E-state index is 0.0128. The summed E-state index contributed by atoms with van der Waals surface area (Å²) in [6.45, 7) is 0. The Morgan fingerprint density at radius 1 is 1.14 bits per heavy atom. The van der Waals surface area contributed by atoms with Gasteiger partial charge in [0, 0.05) is 23.8 Å². The average Bonchev–Trinajstić information content (AvgIpc) is 3.07. The minimum Gasteiger partial charge on any atom is -0.497 e. The van der Waals surface area contributed by atoms with Crippen LogP contribution in [0.2, 0.25) is 0 Å². The van der Waals surface area contributed by atoms with Crippen LogP contribution in [-0.4, -0.2) is 36.4 Å². The van der Waals surface area contributed by atoms with Crippen molar-refractivity contribution >= 4 is 40.8 Å². The van der Waals surface area contributed by atoms with Gasteiger partial charge >= 0.3 is 0 Å². The smallest absolute Gasteiger partial charge is 0.269 e. The maximum absolute atomic E-state index is 12.1. The predicted octanol–water partition coefficient (Wildman–Crippen LogP) is 3.21. The van der Waals surface area contributed by atoms with E-state index in [-0.39, 0.29) is 11.6 Å². The average molecular weight is 412 g/mol. The van der Waals surface area contributed by atoms with Gasteiger partial charge in [0.2, 0.25) is 0 Å². The van der Waals surface area contributed by atoms with E-state index in [0.29, 0.717) is 32.7 Å². The third-order valence-electron chi connectivity index (χ3n) is 3.84. The monoisotopic (exact) mass is 412 g/mol. The van der Waals surface area contributed by atoms with Crippen LogP contribution < -0.4 is 14.8 Å². The summed E-state index contributed by atoms with van der Waals surface area (Å²) < 4.78 is 10.4. The second kappa shape index (κ2) is 9.02. The molecule has 1 saturated heterocycles. The number of nitro benzene ring substituents is 1. The van der Waals surface area contributed by atoms with Gasteiger partial charge in [-0.25, -0.2) is 0 Å². The first-order valence-electron chi connectivity index (χ1n) is 8.28. The van der Waals surface area contributed by atoms with Crippen LogP contribution in [-0.2, 0) is 4.79 Å². The second-order valence-corrected chi connectivity index (χ2v) is 6.70. The van der Waals surface area contributed by atoms with Crippen molar-refractivity contribution in [2.24, 2.45) is 10.2 Å². The number of amidine groups is 1. The van der Waals surface area contributed by atoms with Crippen LogP contribution in [0.4, 0.5) is 5.69 Å². The van der Waals surface area contributed by atoms with E-state index in [4.69, 9.17) is 9.47 Å². The van der Waals surface area contributed by atoms with Gasteiger partial charge in [0.05, 0.1) is 30.3 Å². The van der Waals surface area contributed by atoms with Gasteiger partial charge in [0.15, 0.2) is 5.17 Å². The van der Waals surface area contributed by atoms with Crippen LogP contribution in [0.1, 0.15) is 11.1 Å². The summed E-state index contributed by atoms with van der Waals surface area (Å²) in [5, 5.41) is 21.7. The fraction of sp³-hybridized carbons (Fsp3) is 0.105. The molecule has 0 bridgehead atoms. The Labute approximate surface area is 170 Å². The lowest BCUT2D eigenvalue weighted by Gasteiger charge is -2.06. The molecule has 0 unspecified atom stereocenters. The van der Waals surface area contributed by atoms with Crippen LogP contribution >= 0.6 is 11.8 Å². The van der Waals surface area contributed by atoms with E-state index >= 15 is 0 Å². The first-order valence-corrected chi connectivity index (χ1v) is 9.10. The maximum atomic E-state index is 12.1. The Morgan fingerprint density at radius 3 is 2.55 bits per heavy atom. The third-order valence-corrected chi connectivity index (χ3v) is 4.74. The molecule has 0 radical (unpaired) electrons. The van der Waals surface area contributed by atoms with E-state index < -0.39 is 4.92 Å². The zero-order valence-corrected chi connectivity index (χ0v) is 16.3. The summed E-state index contributed by atoms with van der Waals surface area (Å²) in [5.74, 6) is 0.921. The molecule has 1 heterocycles. The topological polar surface area (TPSA) is 115 Å². The van der Waals surface area contributed by atoms with Gasteiger partial charge in [-0.2, -0.15) is 5.10 Å². The first-order chi connectivity index (χ1) is 14.0. The fourth-order valence-corrected chi connectivity index (χ4v) is 3.17. The second-order valence-electron chi connectivity index (χ2n) is 5.67. The molecule has 1 fully saturated rings. The van der Waals surface area contributed by atoms with Crippen LogP contribution in [0.5, 0.6) is 11.5 Å². The molecule has 0 aromatic heterocycles. The highest BCUT2D eigenvalue weighted by atomic mass is 32.2. The van der Waals surface area contributed by atoms with E-state index in [9.17, 15) is 14.9 Å². The van der Waals surface area contributed by atoms with Crippen molar-refractivity contribution in [3.63, 3.8) is 0 Å². The van der Waals surface area contributed by atoms with Crippen molar-refractivity contribution in [3.05, 3.63) is 68.6 Å². The zero-order valence-electron chi connectivity index (χ0n) is 15.5. The normalized spacial score (nSPS) is 16.4. The quantitative estimate of drug-likeness (QED) is 0.337. The van der Waals surface area contributed by atoms with E-state index in [1.807, 2.05) is 0 Å². The molecule has 29 heavy (non-hydrogen) atoms. The number of thioether (sulfide) groups is 1. The molecule has 1 aliphatic rings. The highest BCUT2D eigenvalue weighted by Gasteiger charge is 2.23. The van der Waals surface area contributed by atoms with Crippen LogP contribution in [0, 0.1) is 10.1 Å². The summed E-state index contributed by atoms with van der Waals surface area (Å²) in [4.78, 5) is 22.7. The number of benzene rings is 2. The Hall–Kier alpha value is -3.66. The van der Waals surface area contributed by atoms with Gasteiger partial charge in [-0.05, 0) is 47.7 Å². The molecule has 10 heteroatoms. The van der Waals surface area contributed by atoms with Crippen molar-refractivity contribution < 1.29 is 19.2 Å². The van der Waals surface area contributed by atoms with E-state index in [1.54, 1.807) is 50.6 Å². The number of nitrogens with zero attached hydrogens (tertiary/aromatic N) is 3. The number of ether oxygens (including phenoxy) is 2. The molecule has 2 aromatic carbocycles. The molecule has 0 aliphatic carbocycles.